The molecular weight excluding hydrogens is 224 g/mol. The highest BCUT2D eigenvalue weighted by Crippen LogP contribution is 2.15. The summed E-state index contributed by atoms with van der Waals surface area (Å²) in [6, 6.07) is 0. The summed E-state index contributed by atoms with van der Waals surface area (Å²) in [6.07, 6.45) is 13.6. The van der Waals surface area contributed by atoms with Crippen molar-refractivity contribution >= 4 is 5.97 Å². The second-order valence-electron chi connectivity index (χ2n) is 4.55. The van der Waals surface area contributed by atoms with Gasteiger partial charge in [-0.05, 0) is 38.5 Å². The van der Waals surface area contributed by atoms with Crippen LogP contribution >= 0.6 is 0 Å². The van der Waals surface area contributed by atoms with Crippen molar-refractivity contribution in [3.63, 3.8) is 0 Å². The van der Waals surface area contributed by atoms with Crippen molar-refractivity contribution in [2.45, 2.75) is 58.8 Å². The van der Waals surface area contributed by atoms with Gasteiger partial charge in [0.1, 0.15) is 0 Å². The van der Waals surface area contributed by atoms with E-state index in [2.05, 4.69) is 25.7 Å². The Morgan fingerprint density at radius 3 is 2.72 bits per heavy atom. The molecule has 0 aliphatic carbocycles. The van der Waals surface area contributed by atoms with Crippen LogP contribution in [0.4, 0.5) is 0 Å². The monoisotopic (exact) mass is 252 g/mol. The molecule has 0 radical (unpaired) electrons. The zero-order valence-corrected chi connectivity index (χ0v) is 12.0. The normalized spacial score (nSPS) is 12.6. The maximum Gasteiger partial charge on any atom is 0.305 e. The molecule has 0 aromatic rings. The Labute approximate surface area is 112 Å². The zero-order chi connectivity index (χ0) is 13.6. The van der Waals surface area contributed by atoms with Crippen LogP contribution in [0, 0.1) is 5.92 Å². The predicted octanol–water partition coefficient (Wildman–Crippen LogP) is 4.66. The molecule has 0 saturated carbocycles. The standard InChI is InChI=1S/C16H28O2/c1-4-7-12-15(11-5-2)13-9-8-10-14-16(17)18-6-3/h5,9,13,15H,2,4,6-8,10-12,14H2,1,3H3/b13-9-. The molecule has 0 fully saturated rings. The molecule has 0 aromatic carbocycles. The Balaban J connectivity index is 3.74. The van der Waals surface area contributed by atoms with Gasteiger partial charge in [0.2, 0.25) is 0 Å². The maximum absolute atomic E-state index is 11.1. The van der Waals surface area contributed by atoms with E-state index in [1.165, 1.54) is 19.3 Å². The number of hydrogen-bond donors (Lipinski definition) is 0. The molecule has 1 atom stereocenters. The summed E-state index contributed by atoms with van der Waals surface area (Å²) in [5.41, 5.74) is 0. The summed E-state index contributed by atoms with van der Waals surface area (Å²) >= 11 is 0. The summed E-state index contributed by atoms with van der Waals surface area (Å²) in [7, 11) is 0. The van der Waals surface area contributed by atoms with Gasteiger partial charge in [0.25, 0.3) is 0 Å². The number of carbonyl (C=O) groups excluding carboxylic acids is 1. The number of rotatable bonds is 11. The average Bonchev–Trinajstić information content (AvgIpc) is 2.35. The van der Waals surface area contributed by atoms with E-state index >= 15 is 0 Å². The molecule has 0 heterocycles. The van der Waals surface area contributed by atoms with Gasteiger partial charge in [-0.15, -0.1) is 6.58 Å². The van der Waals surface area contributed by atoms with Crippen molar-refractivity contribution in [1.82, 2.24) is 0 Å². The third kappa shape index (κ3) is 10.1. The Bertz CT molecular complexity index is 243. The number of allylic oxidation sites excluding steroid dienone is 3. The van der Waals surface area contributed by atoms with Crippen LogP contribution in [0.25, 0.3) is 0 Å². The fourth-order valence-corrected chi connectivity index (χ4v) is 1.86. The summed E-state index contributed by atoms with van der Waals surface area (Å²) < 4.78 is 4.88. The van der Waals surface area contributed by atoms with Gasteiger partial charge in [-0.2, -0.15) is 0 Å². The average molecular weight is 252 g/mol. The topological polar surface area (TPSA) is 26.3 Å². The second-order valence-corrected chi connectivity index (χ2v) is 4.55. The minimum absolute atomic E-state index is 0.0838. The Morgan fingerprint density at radius 2 is 2.11 bits per heavy atom. The van der Waals surface area contributed by atoms with E-state index in [9.17, 15) is 4.79 Å². The highest BCUT2D eigenvalue weighted by atomic mass is 16.5. The van der Waals surface area contributed by atoms with E-state index in [-0.39, 0.29) is 5.97 Å². The molecule has 0 amide bonds. The molecule has 0 saturated heterocycles. The van der Waals surface area contributed by atoms with Gasteiger partial charge in [-0.1, -0.05) is 38.0 Å². The lowest BCUT2D eigenvalue weighted by Gasteiger charge is -2.08. The van der Waals surface area contributed by atoms with Gasteiger partial charge in [-0.3, -0.25) is 4.79 Å². The fourth-order valence-electron chi connectivity index (χ4n) is 1.86. The van der Waals surface area contributed by atoms with E-state index in [1.807, 2.05) is 13.0 Å². The van der Waals surface area contributed by atoms with E-state index in [0.717, 1.165) is 19.3 Å². The van der Waals surface area contributed by atoms with Crippen molar-refractivity contribution in [2.24, 2.45) is 5.92 Å². The SMILES string of the molecule is C=CCC(/C=C\CCCC(=O)OCC)CCCC. The number of carbonyl (C=O) groups is 1. The van der Waals surface area contributed by atoms with Crippen molar-refractivity contribution in [3.8, 4) is 0 Å². The molecule has 18 heavy (non-hydrogen) atoms. The molecule has 0 aliphatic rings. The van der Waals surface area contributed by atoms with Gasteiger partial charge < -0.3 is 4.74 Å². The zero-order valence-electron chi connectivity index (χ0n) is 12.0. The molecule has 1 unspecified atom stereocenters. The minimum Gasteiger partial charge on any atom is -0.466 e. The van der Waals surface area contributed by atoms with Gasteiger partial charge >= 0.3 is 5.97 Å². The smallest absolute Gasteiger partial charge is 0.305 e. The quantitative estimate of drug-likeness (QED) is 0.304. The molecule has 0 bridgehead atoms. The van der Waals surface area contributed by atoms with Crippen molar-refractivity contribution in [2.75, 3.05) is 6.61 Å². The highest BCUT2D eigenvalue weighted by molar-refractivity contribution is 5.69. The first kappa shape index (κ1) is 16.9. The molecule has 0 rings (SSSR count). The van der Waals surface area contributed by atoms with Crippen LogP contribution in [0.15, 0.2) is 24.8 Å². The summed E-state index contributed by atoms with van der Waals surface area (Å²) in [4.78, 5) is 11.1. The first-order valence-corrected chi connectivity index (χ1v) is 7.17. The molecule has 0 aliphatic heterocycles. The molecule has 2 heteroatoms. The van der Waals surface area contributed by atoms with E-state index in [4.69, 9.17) is 4.74 Å². The number of ether oxygens (including phenoxy) is 1. The van der Waals surface area contributed by atoms with Crippen LogP contribution in [0.3, 0.4) is 0 Å². The Kier molecular flexibility index (Phi) is 11.7. The van der Waals surface area contributed by atoms with Gasteiger partial charge in [0.15, 0.2) is 0 Å². The lowest BCUT2D eigenvalue weighted by Crippen LogP contribution is -2.02. The number of unbranched alkanes of at least 4 members (excludes halogenated alkanes) is 2. The van der Waals surface area contributed by atoms with Crippen molar-refractivity contribution < 1.29 is 9.53 Å². The first-order valence-electron chi connectivity index (χ1n) is 7.17. The first-order chi connectivity index (χ1) is 8.74. The molecule has 0 spiro atoms. The Hall–Kier alpha value is -1.05. The van der Waals surface area contributed by atoms with E-state index in [1.54, 1.807) is 0 Å². The summed E-state index contributed by atoms with van der Waals surface area (Å²) in [6.45, 7) is 8.34. The molecule has 0 N–H and O–H groups in total. The van der Waals surface area contributed by atoms with Gasteiger partial charge in [0, 0.05) is 6.42 Å². The van der Waals surface area contributed by atoms with E-state index in [0.29, 0.717) is 18.9 Å². The molecule has 0 aromatic heterocycles. The van der Waals surface area contributed by atoms with E-state index < -0.39 is 0 Å². The van der Waals surface area contributed by atoms with Crippen LogP contribution in [-0.2, 0) is 9.53 Å². The van der Waals surface area contributed by atoms with Crippen LogP contribution in [0.2, 0.25) is 0 Å². The Morgan fingerprint density at radius 1 is 1.33 bits per heavy atom. The summed E-state index contributed by atoms with van der Waals surface area (Å²) in [5, 5.41) is 0. The fraction of sp³-hybridized carbons (Fsp3) is 0.688. The molecule has 2 nitrogen and oxygen atoms in total. The highest BCUT2D eigenvalue weighted by Gasteiger charge is 2.02. The molecule has 104 valence electrons. The third-order valence-corrected chi connectivity index (χ3v) is 2.86. The van der Waals surface area contributed by atoms with Gasteiger partial charge in [-0.25, -0.2) is 0 Å². The van der Waals surface area contributed by atoms with Crippen LogP contribution in [0.5, 0.6) is 0 Å². The number of esters is 1. The van der Waals surface area contributed by atoms with Crippen molar-refractivity contribution in [3.05, 3.63) is 24.8 Å². The second kappa shape index (κ2) is 12.4. The number of hydrogen-bond acceptors (Lipinski definition) is 2. The predicted molar refractivity (Wildman–Crippen MR) is 77.5 cm³/mol. The van der Waals surface area contributed by atoms with Gasteiger partial charge in [0.05, 0.1) is 6.61 Å². The van der Waals surface area contributed by atoms with Crippen molar-refractivity contribution in [1.29, 1.82) is 0 Å². The lowest BCUT2D eigenvalue weighted by molar-refractivity contribution is -0.143. The largest absolute Gasteiger partial charge is 0.466 e. The maximum atomic E-state index is 11.1. The lowest BCUT2D eigenvalue weighted by atomic mass is 9.97. The third-order valence-electron chi connectivity index (χ3n) is 2.86. The minimum atomic E-state index is -0.0838. The summed E-state index contributed by atoms with van der Waals surface area (Å²) in [5.74, 6) is 0.532. The van der Waals surface area contributed by atoms with Crippen LogP contribution in [0.1, 0.15) is 58.8 Å². The molecular formula is C16H28O2. The van der Waals surface area contributed by atoms with Crippen LogP contribution < -0.4 is 0 Å². The van der Waals surface area contributed by atoms with Crippen LogP contribution in [-0.4, -0.2) is 12.6 Å².